The van der Waals surface area contributed by atoms with Crippen LogP contribution in [0.3, 0.4) is 0 Å². The lowest BCUT2D eigenvalue weighted by Crippen LogP contribution is -2.16. The molecule has 0 N–H and O–H groups in total. The van der Waals surface area contributed by atoms with Crippen LogP contribution < -0.4 is 5.32 Å². The van der Waals surface area contributed by atoms with E-state index in [0.29, 0.717) is 17.1 Å². The Labute approximate surface area is 102 Å². The minimum Gasteiger partial charge on any atom is -0.267 e. The standard InChI is InChI=1S/C13H17ClNO/c1-2-3-4-5-9-15-13(16)11-7-6-8-12(14)10-11/h6-8,10H,2-5,9H2,1H3. The lowest BCUT2D eigenvalue weighted by atomic mass is 10.2. The maximum Gasteiger partial charge on any atom is 0.272 e. The Bertz CT molecular complexity index is 338. The topological polar surface area (TPSA) is 31.2 Å². The van der Waals surface area contributed by atoms with Gasteiger partial charge in [-0.3, -0.25) is 4.79 Å². The van der Waals surface area contributed by atoms with Crippen molar-refractivity contribution in [3.8, 4) is 0 Å². The normalized spacial score (nSPS) is 10.1. The minimum atomic E-state index is -0.168. The zero-order valence-corrected chi connectivity index (χ0v) is 10.3. The van der Waals surface area contributed by atoms with Gasteiger partial charge >= 0.3 is 0 Å². The second-order valence-electron chi connectivity index (χ2n) is 3.76. The van der Waals surface area contributed by atoms with Crippen LogP contribution in [0.4, 0.5) is 0 Å². The number of unbranched alkanes of at least 4 members (excludes halogenated alkanes) is 3. The first-order chi connectivity index (χ1) is 7.74. The molecule has 0 bridgehead atoms. The van der Waals surface area contributed by atoms with Gasteiger partial charge in [-0.1, -0.05) is 43.9 Å². The summed E-state index contributed by atoms with van der Waals surface area (Å²) < 4.78 is 0. The van der Waals surface area contributed by atoms with Crippen LogP contribution in [0.2, 0.25) is 5.02 Å². The minimum absolute atomic E-state index is 0.168. The summed E-state index contributed by atoms with van der Waals surface area (Å²) in [4.78, 5) is 11.6. The molecule has 16 heavy (non-hydrogen) atoms. The van der Waals surface area contributed by atoms with E-state index < -0.39 is 0 Å². The second kappa shape index (κ2) is 7.29. The van der Waals surface area contributed by atoms with Crippen LogP contribution in [0, 0.1) is 0 Å². The molecule has 0 aromatic heterocycles. The van der Waals surface area contributed by atoms with Crippen molar-refractivity contribution in [3.05, 3.63) is 34.9 Å². The number of halogens is 1. The molecule has 0 spiro atoms. The predicted octanol–water partition coefficient (Wildman–Crippen LogP) is 3.66. The van der Waals surface area contributed by atoms with Gasteiger partial charge in [-0.15, -0.1) is 0 Å². The molecule has 0 fully saturated rings. The lowest BCUT2D eigenvalue weighted by molar-refractivity contribution is 0.0948. The number of amides is 1. The third-order valence-electron chi connectivity index (χ3n) is 2.34. The zero-order valence-electron chi connectivity index (χ0n) is 9.58. The Morgan fingerprint density at radius 2 is 2.12 bits per heavy atom. The lowest BCUT2D eigenvalue weighted by Gasteiger charge is -2.02. The number of benzene rings is 1. The maximum absolute atomic E-state index is 11.6. The van der Waals surface area contributed by atoms with Crippen molar-refractivity contribution in [2.24, 2.45) is 0 Å². The molecule has 3 heteroatoms. The Morgan fingerprint density at radius 3 is 2.81 bits per heavy atom. The molecule has 0 saturated heterocycles. The maximum atomic E-state index is 11.6. The van der Waals surface area contributed by atoms with E-state index in [0.717, 1.165) is 12.8 Å². The van der Waals surface area contributed by atoms with Crippen molar-refractivity contribution in [1.29, 1.82) is 0 Å². The van der Waals surface area contributed by atoms with Crippen molar-refractivity contribution in [1.82, 2.24) is 5.32 Å². The molecule has 0 aliphatic heterocycles. The quantitative estimate of drug-likeness (QED) is 0.696. The van der Waals surface area contributed by atoms with Crippen LogP contribution in [0.1, 0.15) is 43.0 Å². The Morgan fingerprint density at radius 1 is 1.31 bits per heavy atom. The summed E-state index contributed by atoms with van der Waals surface area (Å²) in [5.41, 5.74) is 0.572. The number of rotatable bonds is 6. The van der Waals surface area contributed by atoms with Crippen LogP contribution in [-0.4, -0.2) is 12.5 Å². The summed E-state index contributed by atoms with van der Waals surface area (Å²) in [5, 5.41) is 4.59. The van der Waals surface area contributed by atoms with Gasteiger partial charge in [0.25, 0.3) is 5.91 Å². The predicted molar refractivity (Wildman–Crippen MR) is 66.9 cm³/mol. The smallest absolute Gasteiger partial charge is 0.267 e. The first kappa shape index (κ1) is 13.0. The highest BCUT2D eigenvalue weighted by Gasteiger charge is 2.06. The van der Waals surface area contributed by atoms with Crippen LogP contribution >= 0.6 is 11.6 Å². The van der Waals surface area contributed by atoms with E-state index in [-0.39, 0.29) is 5.91 Å². The number of carbonyl (C=O) groups is 1. The SMILES string of the molecule is CCCCCC[N]C(=O)c1cccc(Cl)c1. The summed E-state index contributed by atoms with van der Waals surface area (Å²) in [6.07, 6.45) is 4.53. The van der Waals surface area contributed by atoms with Gasteiger partial charge in [-0.2, -0.15) is 0 Å². The number of nitrogens with zero attached hydrogens (tertiary/aromatic N) is 1. The van der Waals surface area contributed by atoms with Crippen molar-refractivity contribution in [2.75, 3.05) is 6.54 Å². The van der Waals surface area contributed by atoms with Crippen molar-refractivity contribution in [3.63, 3.8) is 0 Å². The number of hydrogen-bond acceptors (Lipinski definition) is 1. The summed E-state index contributed by atoms with van der Waals surface area (Å²) in [7, 11) is 0. The van der Waals surface area contributed by atoms with Gasteiger partial charge in [0.1, 0.15) is 0 Å². The van der Waals surface area contributed by atoms with E-state index in [9.17, 15) is 4.79 Å². The molecule has 1 aromatic carbocycles. The zero-order chi connectivity index (χ0) is 11.8. The summed E-state index contributed by atoms with van der Waals surface area (Å²) >= 11 is 5.80. The average molecular weight is 239 g/mol. The van der Waals surface area contributed by atoms with E-state index in [4.69, 9.17) is 11.6 Å². The summed E-state index contributed by atoms with van der Waals surface area (Å²) in [5.74, 6) is -0.168. The number of hydrogen-bond donors (Lipinski definition) is 0. The molecule has 0 unspecified atom stereocenters. The van der Waals surface area contributed by atoms with Gasteiger partial charge in [0, 0.05) is 17.1 Å². The molecule has 1 radical (unpaired) electrons. The van der Waals surface area contributed by atoms with Gasteiger partial charge in [-0.05, 0) is 24.6 Å². The molecule has 0 atom stereocenters. The highest BCUT2D eigenvalue weighted by Crippen LogP contribution is 2.10. The molecule has 2 nitrogen and oxygen atoms in total. The highest BCUT2D eigenvalue weighted by molar-refractivity contribution is 6.30. The van der Waals surface area contributed by atoms with Gasteiger partial charge in [0.05, 0.1) is 0 Å². The Kier molecular flexibility index (Phi) is 5.94. The van der Waals surface area contributed by atoms with Gasteiger partial charge in [0.2, 0.25) is 0 Å². The molecule has 0 saturated carbocycles. The van der Waals surface area contributed by atoms with Crippen LogP contribution in [-0.2, 0) is 0 Å². The average Bonchev–Trinajstić information content (AvgIpc) is 2.28. The van der Waals surface area contributed by atoms with Crippen molar-refractivity contribution in [2.45, 2.75) is 32.6 Å². The highest BCUT2D eigenvalue weighted by atomic mass is 35.5. The molecule has 1 rings (SSSR count). The monoisotopic (exact) mass is 238 g/mol. The third kappa shape index (κ3) is 4.67. The van der Waals surface area contributed by atoms with E-state index >= 15 is 0 Å². The van der Waals surface area contributed by atoms with Crippen LogP contribution in [0.5, 0.6) is 0 Å². The molecule has 0 aliphatic carbocycles. The van der Waals surface area contributed by atoms with E-state index in [1.807, 2.05) is 0 Å². The fourth-order valence-corrected chi connectivity index (χ4v) is 1.62. The van der Waals surface area contributed by atoms with Crippen LogP contribution in [0.15, 0.2) is 24.3 Å². The molecule has 1 aromatic rings. The second-order valence-corrected chi connectivity index (χ2v) is 4.19. The van der Waals surface area contributed by atoms with Gasteiger partial charge in [-0.25, -0.2) is 5.32 Å². The van der Waals surface area contributed by atoms with Crippen LogP contribution in [0.25, 0.3) is 0 Å². The van der Waals surface area contributed by atoms with E-state index in [2.05, 4.69) is 12.2 Å². The van der Waals surface area contributed by atoms with Gasteiger partial charge in [0.15, 0.2) is 0 Å². The largest absolute Gasteiger partial charge is 0.272 e. The fourth-order valence-electron chi connectivity index (χ4n) is 1.43. The summed E-state index contributed by atoms with van der Waals surface area (Å²) in [6, 6.07) is 6.91. The molecule has 1 amide bonds. The molecule has 0 aliphatic rings. The van der Waals surface area contributed by atoms with E-state index in [1.54, 1.807) is 24.3 Å². The number of carbonyl (C=O) groups excluding carboxylic acids is 1. The van der Waals surface area contributed by atoms with Crippen molar-refractivity contribution >= 4 is 17.5 Å². The van der Waals surface area contributed by atoms with Gasteiger partial charge < -0.3 is 0 Å². The van der Waals surface area contributed by atoms with E-state index in [1.165, 1.54) is 12.8 Å². The first-order valence-corrected chi connectivity index (χ1v) is 6.09. The molecular formula is C13H17ClNO. The Hall–Kier alpha value is -1.02. The summed E-state index contributed by atoms with van der Waals surface area (Å²) in [6.45, 7) is 2.78. The molecule has 87 valence electrons. The fraction of sp³-hybridized carbons (Fsp3) is 0.462. The third-order valence-corrected chi connectivity index (χ3v) is 2.57. The molecular weight excluding hydrogens is 222 g/mol. The Balaban J connectivity index is 2.30. The van der Waals surface area contributed by atoms with Crippen molar-refractivity contribution < 1.29 is 4.79 Å². The molecule has 0 heterocycles. The first-order valence-electron chi connectivity index (χ1n) is 5.71.